The van der Waals surface area contributed by atoms with Crippen LogP contribution in [0.15, 0.2) is 42.5 Å². The summed E-state index contributed by atoms with van der Waals surface area (Å²) in [7, 11) is 4.34. The SMILES string of the molecule is COc1cc(OC)c(OC)cc1/C=C/C(=O)OCC(=O)Nc1ccccc1C(F)(F)F. The van der Waals surface area contributed by atoms with Gasteiger partial charge in [0.05, 0.1) is 32.6 Å². The molecule has 0 aliphatic rings. The van der Waals surface area contributed by atoms with E-state index in [0.29, 0.717) is 22.8 Å². The van der Waals surface area contributed by atoms with E-state index in [1.807, 2.05) is 0 Å². The van der Waals surface area contributed by atoms with Gasteiger partial charge in [0.25, 0.3) is 5.91 Å². The number of nitrogens with one attached hydrogen (secondary N) is 1. The predicted molar refractivity (Wildman–Crippen MR) is 106 cm³/mol. The van der Waals surface area contributed by atoms with Gasteiger partial charge in [-0.05, 0) is 24.3 Å². The van der Waals surface area contributed by atoms with Gasteiger partial charge in [0.2, 0.25) is 0 Å². The van der Waals surface area contributed by atoms with Crippen molar-refractivity contribution in [1.29, 1.82) is 0 Å². The van der Waals surface area contributed by atoms with Gasteiger partial charge in [-0.3, -0.25) is 4.79 Å². The summed E-state index contributed by atoms with van der Waals surface area (Å²) >= 11 is 0. The molecule has 1 amide bonds. The molecule has 0 bridgehead atoms. The molecule has 0 heterocycles. The molecular weight excluding hydrogens is 419 g/mol. The summed E-state index contributed by atoms with van der Waals surface area (Å²) in [6.45, 7) is -0.765. The molecule has 166 valence electrons. The van der Waals surface area contributed by atoms with Crippen LogP contribution in [-0.4, -0.2) is 39.8 Å². The summed E-state index contributed by atoms with van der Waals surface area (Å²) in [6, 6.07) is 7.62. The predicted octanol–water partition coefficient (Wildman–Crippen LogP) is 3.93. The lowest BCUT2D eigenvalue weighted by atomic mass is 10.1. The number of hydrogen-bond acceptors (Lipinski definition) is 6. The number of esters is 1. The van der Waals surface area contributed by atoms with Crippen LogP contribution >= 0.6 is 0 Å². The number of rotatable bonds is 8. The average Bonchev–Trinajstić information content (AvgIpc) is 2.75. The molecule has 10 heteroatoms. The number of alkyl halides is 3. The monoisotopic (exact) mass is 439 g/mol. The van der Waals surface area contributed by atoms with E-state index >= 15 is 0 Å². The van der Waals surface area contributed by atoms with E-state index in [1.165, 1.54) is 39.5 Å². The zero-order chi connectivity index (χ0) is 23.0. The molecule has 0 aliphatic carbocycles. The highest BCUT2D eigenvalue weighted by atomic mass is 19.4. The highest BCUT2D eigenvalue weighted by molar-refractivity contribution is 5.95. The highest BCUT2D eigenvalue weighted by Crippen LogP contribution is 2.35. The van der Waals surface area contributed by atoms with E-state index in [9.17, 15) is 22.8 Å². The van der Waals surface area contributed by atoms with Crippen molar-refractivity contribution in [3.8, 4) is 17.2 Å². The lowest BCUT2D eigenvalue weighted by Gasteiger charge is -2.13. The van der Waals surface area contributed by atoms with Crippen molar-refractivity contribution in [2.75, 3.05) is 33.3 Å². The average molecular weight is 439 g/mol. The van der Waals surface area contributed by atoms with Crippen LogP contribution in [0.3, 0.4) is 0 Å². The van der Waals surface area contributed by atoms with E-state index in [-0.39, 0.29) is 0 Å². The number of halogens is 3. The fraction of sp³-hybridized carbons (Fsp3) is 0.238. The summed E-state index contributed by atoms with van der Waals surface area (Å²) in [5.74, 6) is -0.574. The lowest BCUT2D eigenvalue weighted by molar-refractivity contribution is -0.142. The third-order valence-electron chi connectivity index (χ3n) is 3.99. The molecule has 0 aromatic heterocycles. The van der Waals surface area contributed by atoms with Gasteiger partial charge in [-0.1, -0.05) is 12.1 Å². The number of para-hydroxylation sites is 1. The second kappa shape index (κ2) is 10.4. The Morgan fingerprint density at radius 3 is 2.19 bits per heavy atom. The minimum Gasteiger partial charge on any atom is -0.496 e. The Hall–Kier alpha value is -3.69. The van der Waals surface area contributed by atoms with Gasteiger partial charge in [0, 0.05) is 17.7 Å². The number of hydrogen-bond donors (Lipinski definition) is 1. The largest absolute Gasteiger partial charge is 0.496 e. The number of amides is 1. The third-order valence-corrected chi connectivity index (χ3v) is 3.99. The van der Waals surface area contributed by atoms with E-state index < -0.39 is 35.9 Å². The number of benzene rings is 2. The molecule has 31 heavy (non-hydrogen) atoms. The Morgan fingerprint density at radius 2 is 1.58 bits per heavy atom. The van der Waals surface area contributed by atoms with E-state index in [1.54, 1.807) is 12.1 Å². The van der Waals surface area contributed by atoms with Crippen LogP contribution in [-0.2, 0) is 20.5 Å². The quantitative estimate of drug-likeness (QED) is 0.496. The van der Waals surface area contributed by atoms with Gasteiger partial charge >= 0.3 is 12.1 Å². The maximum atomic E-state index is 13.0. The molecule has 1 N–H and O–H groups in total. The zero-order valence-corrected chi connectivity index (χ0v) is 16.9. The number of ether oxygens (including phenoxy) is 4. The molecule has 0 spiro atoms. The molecule has 0 aliphatic heterocycles. The van der Waals surface area contributed by atoms with Crippen LogP contribution in [0.4, 0.5) is 18.9 Å². The molecule has 0 unspecified atom stereocenters. The molecule has 0 saturated carbocycles. The minimum absolute atomic E-state index is 0.392. The van der Waals surface area contributed by atoms with E-state index in [0.717, 1.165) is 18.2 Å². The summed E-state index contributed by atoms with van der Waals surface area (Å²) in [5, 5.41) is 2.08. The van der Waals surface area contributed by atoms with Gasteiger partial charge in [0.15, 0.2) is 18.1 Å². The number of carbonyl (C=O) groups is 2. The van der Waals surface area contributed by atoms with Crippen LogP contribution in [0.1, 0.15) is 11.1 Å². The van der Waals surface area contributed by atoms with Gasteiger partial charge in [-0.2, -0.15) is 13.2 Å². The standard InChI is InChI=1S/C21H20F3NO6/c1-28-16-11-18(30-3)17(29-2)10-13(16)8-9-20(27)31-12-19(26)25-15-7-5-4-6-14(15)21(22,23)24/h4-11H,12H2,1-3H3,(H,25,26)/b9-8+. The summed E-state index contributed by atoms with van der Waals surface area (Å²) in [5.41, 5.74) is -0.961. The normalized spacial score (nSPS) is 11.2. The summed E-state index contributed by atoms with van der Waals surface area (Å²) in [4.78, 5) is 23.8. The molecule has 2 rings (SSSR count). The lowest BCUT2D eigenvalue weighted by Crippen LogP contribution is -2.22. The van der Waals surface area contributed by atoms with Gasteiger partial charge in [0.1, 0.15) is 5.75 Å². The van der Waals surface area contributed by atoms with Crippen LogP contribution in [0.25, 0.3) is 6.08 Å². The minimum atomic E-state index is -4.64. The maximum Gasteiger partial charge on any atom is 0.418 e. The van der Waals surface area contributed by atoms with Crippen molar-refractivity contribution in [2.45, 2.75) is 6.18 Å². The fourth-order valence-corrected chi connectivity index (χ4v) is 2.55. The van der Waals surface area contributed by atoms with Crippen LogP contribution in [0, 0.1) is 0 Å². The Kier molecular flexibility index (Phi) is 7.89. The summed E-state index contributed by atoms with van der Waals surface area (Å²) in [6.07, 6.45) is -2.22. The summed E-state index contributed by atoms with van der Waals surface area (Å²) < 4.78 is 59.3. The van der Waals surface area contributed by atoms with E-state index in [2.05, 4.69) is 5.32 Å². The first-order valence-corrected chi connectivity index (χ1v) is 8.80. The van der Waals surface area contributed by atoms with Crippen molar-refractivity contribution in [2.24, 2.45) is 0 Å². The first-order valence-electron chi connectivity index (χ1n) is 8.80. The molecule has 0 radical (unpaired) electrons. The van der Waals surface area contributed by atoms with Gasteiger partial charge in [-0.15, -0.1) is 0 Å². The Morgan fingerprint density at radius 1 is 0.968 bits per heavy atom. The fourth-order valence-electron chi connectivity index (χ4n) is 2.55. The Balaban J connectivity index is 2.01. The van der Waals surface area contributed by atoms with Gasteiger partial charge < -0.3 is 24.3 Å². The molecular formula is C21H20F3NO6. The Labute approximate surface area is 176 Å². The number of carbonyl (C=O) groups excluding carboxylic acids is 2. The Bertz CT molecular complexity index is 972. The molecule has 2 aromatic rings. The van der Waals surface area contributed by atoms with Crippen molar-refractivity contribution >= 4 is 23.6 Å². The van der Waals surface area contributed by atoms with Crippen molar-refractivity contribution < 1.29 is 41.7 Å². The van der Waals surface area contributed by atoms with Crippen LogP contribution in [0.5, 0.6) is 17.2 Å². The third kappa shape index (κ3) is 6.39. The molecule has 0 atom stereocenters. The van der Waals surface area contributed by atoms with Gasteiger partial charge in [-0.25, -0.2) is 4.79 Å². The topological polar surface area (TPSA) is 83.1 Å². The second-order valence-electron chi connectivity index (χ2n) is 5.98. The van der Waals surface area contributed by atoms with E-state index in [4.69, 9.17) is 18.9 Å². The molecule has 7 nitrogen and oxygen atoms in total. The first-order chi connectivity index (χ1) is 14.7. The maximum absolute atomic E-state index is 13.0. The molecule has 2 aromatic carbocycles. The van der Waals surface area contributed by atoms with Crippen molar-refractivity contribution in [1.82, 2.24) is 0 Å². The number of methoxy groups -OCH3 is 3. The first kappa shape index (κ1) is 23.6. The zero-order valence-electron chi connectivity index (χ0n) is 16.9. The number of anilines is 1. The molecule has 0 saturated heterocycles. The second-order valence-corrected chi connectivity index (χ2v) is 5.98. The highest BCUT2D eigenvalue weighted by Gasteiger charge is 2.33. The van der Waals surface area contributed by atoms with Crippen LogP contribution < -0.4 is 19.5 Å². The van der Waals surface area contributed by atoms with Crippen LogP contribution in [0.2, 0.25) is 0 Å². The van der Waals surface area contributed by atoms with Crippen molar-refractivity contribution in [3.63, 3.8) is 0 Å². The van der Waals surface area contributed by atoms with Crippen molar-refractivity contribution in [3.05, 3.63) is 53.6 Å². The smallest absolute Gasteiger partial charge is 0.418 e. The molecule has 0 fully saturated rings.